The van der Waals surface area contributed by atoms with Gasteiger partial charge in [-0.15, -0.1) is 11.6 Å². The Bertz CT molecular complexity index is 1020. The number of anilines is 1. The summed E-state index contributed by atoms with van der Waals surface area (Å²) in [6.07, 6.45) is 0. The Morgan fingerprint density at radius 1 is 1.19 bits per heavy atom. The van der Waals surface area contributed by atoms with Crippen molar-refractivity contribution in [2.75, 3.05) is 23.1 Å². The summed E-state index contributed by atoms with van der Waals surface area (Å²) in [5, 5.41) is -0.849. The maximum absolute atomic E-state index is 14.5. The van der Waals surface area contributed by atoms with Gasteiger partial charge in [0.2, 0.25) is 10.0 Å². The van der Waals surface area contributed by atoms with Crippen molar-refractivity contribution < 1.29 is 17.5 Å². The van der Waals surface area contributed by atoms with Crippen molar-refractivity contribution in [2.45, 2.75) is 13.1 Å². The van der Waals surface area contributed by atoms with Gasteiger partial charge in [-0.1, -0.05) is 23.2 Å². The molecule has 0 amide bonds. The molecule has 0 unspecified atom stereocenters. The third-order valence-corrected chi connectivity index (χ3v) is 6.18. The number of ether oxygens (including phenoxy) is 1. The van der Waals surface area contributed by atoms with Crippen LogP contribution in [0.3, 0.4) is 0 Å². The van der Waals surface area contributed by atoms with Crippen LogP contribution >= 0.6 is 34.8 Å². The minimum Gasteiger partial charge on any atom is -0.378 e. The summed E-state index contributed by atoms with van der Waals surface area (Å²) < 4.78 is 48.2. The summed E-state index contributed by atoms with van der Waals surface area (Å²) in [7, 11) is -3.86. The Kier molecular flexibility index (Phi) is 5.55. The normalized spacial score (nSPS) is 14.8. The van der Waals surface area contributed by atoms with E-state index in [9.17, 15) is 17.6 Å². The van der Waals surface area contributed by atoms with Gasteiger partial charge in [-0.2, -0.15) is 0 Å². The van der Waals surface area contributed by atoms with E-state index in [1.807, 2.05) is 0 Å². The quantitative estimate of drug-likeness (QED) is 0.735. The number of rotatable bonds is 4. The predicted octanol–water partition coefficient (Wildman–Crippen LogP) is 2.73. The Labute approximate surface area is 163 Å². The van der Waals surface area contributed by atoms with E-state index >= 15 is 0 Å². The number of nitrogens with one attached hydrogen (secondary N) is 1. The number of fused-ring (bicyclic) bond motifs is 1. The second-order valence-electron chi connectivity index (χ2n) is 5.47. The summed E-state index contributed by atoms with van der Waals surface area (Å²) in [6.45, 7) is 1.27. The van der Waals surface area contributed by atoms with Gasteiger partial charge in [0.05, 0.1) is 42.6 Å². The highest BCUT2D eigenvalue weighted by molar-refractivity contribution is 7.93. The number of benzene rings is 1. The molecule has 2 heterocycles. The van der Waals surface area contributed by atoms with Gasteiger partial charge in [-0.3, -0.25) is 14.2 Å². The Balaban J connectivity index is 2.18. The van der Waals surface area contributed by atoms with E-state index in [-0.39, 0.29) is 33.5 Å². The molecule has 26 heavy (non-hydrogen) atoms. The van der Waals surface area contributed by atoms with Crippen molar-refractivity contribution in [1.82, 2.24) is 9.36 Å². The Hall–Kier alpha value is -1.26. The zero-order valence-corrected chi connectivity index (χ0v) is 16.2. The molecule has 0 atom stereocenters. The molecule has 0 aliphatic carbocycles. The van der Waals surface area contributed by atoms with Crippen molar-refractivity contribution in [3.05, 3.63) is 38.5 Å². The van der Waals surface area contributed by atoms with Crippen molar-refractivity contribution in [1.29, 1.82) is 0 Å². The van der Waals surface area contributed by atoms with Gasteiger partial charge in [0.25, 0.3) is 5.56 Å². The minimum absolute atomic E-state index is 0.0351. The molecule has 3 rings (SSSR count). The lowest BCUT2D eigenvalue weighted by molar-refractivity contribution is 0.137. The molecule has 2 aromatic rings. The molecule has 1 N–H and O–H groups in total. The highest BCUT2D eigenvalue weighted by Crippen LogP contribution is 2.34. The van der Waals surface area contributed by atoms with Crippen LogP contribution in [0.5, 0.6) is 0 Å². The first kappa shape index (κ1) is 19.5. The van der Waals surface area contributed by atoms with E-state index in [0.717, 1.165) is 12.1 Å². The molecular weight excluding hydrogens is 432 g/mol. The average molecular weight is 445 g/mol. The van der Waals surface area contributed by atoms with Crippen molar-refractivity contribution in [2.24, 2.45) is 0 Å². The lowest BCUT2D eigenvalue weighted by atomic mass is 10.1. The van der Waals surface area contributed by atoms with Gasteiger partial charge < -0.3 is 4.74 Å². The number of nitrogens with zero attached hydrogens (tertiary/aromatic N) is 2. The summed E-state index contributed by atoms with van der Waals surface area (Å²) in [5.41, 5.74) is -0.846. The summed E-state index contributed by atoms with van der Waals surface area (Å²) in [6, 6.07) is 2.04. The first-order valence-corrected chi connectivity index (χ1v) is 10.3. The molecule has 1 aliphatic heterocycles. The number of hydrogen-bond donors (Lipinski definition) is 1. The lowest BCUT2D eigenvalue weighted by Gasteiger charge is -2.10. The molecular formula is C14H13Cl3FN3O4S. The van der Waals surface area contributed by atoms with E-state index in [4.69, 9.17) is 39.5 Å². The third kappa shape index (κ3) is 3.59. The number of sulfonamides is 1. The van der Waals surface area contributed by atoms with Crippen LogP contribution < -0.4 is 10.3 Å². The molecule has 0 saturated heterocycles. The fourth-order valence-corrected chi connectivity index (χ4v) is 3.98. The highest BCUT2D eigenvalue weighted by atomic mass is 35.5. The van der Waals surface area contributed by atoms with E-state index in [1.54, 1.807) is 0 Å². The zero-order valence-electron chi connectivity index (χ0n) is 13.1. The second-order valence-corrected chi connectivity index (χ2v) is 8.54. The fourth-order valence-electron chi connectivity index (χ4n) is 2.65. The molecule has 1 aliphatic rings. The fraction of sp³-hybridized carbons (Fsp3) is 0.357. The number of alkyl halides is 1. The zero-order chi connectivity index (χ0) is 19.1. The molecule has 0 saturated carbocycles. The largest absolute Gasteiger partial charge is 0.378 e. The molecule has 1 aromatic heterocycles. The van der Waals surface area contributed by atoms with Crippen LogP contribution in [0.4, 0.5) is 10.1 Å². The number of aromatic nitrogens is 2. The SMILES string of the molecule is O=c1c(-c2cc(NS(=O)(=O)CCl)c(Cl)cc2F)c(Cl)n2n1CCOCC2. The second kappa shape index (κ2) is 7.40. The first-order chi connectivity index (χ1) is 12.2. The number of halogens is 4. The van der Waals surface area contributed by atoms with Crippen LogP contribution in [-0.2, 0) is 27.8 Å². The van der Waals surface area contributed by atoms with Gasteiger partial charge in [-0.05, 0) is 12.1 Å². The predicted molar refractivity (Wildman–Crippen MR) is 98.2 cm³/mol. The van der Waals surface area contributed by atoms with Crippen LogP contribution in [0.15, 0.2) is 16.9 Å². The molecule has 142 valence electrons. The van der Waals surface area contributed by atoms with Gasteiger partial charge in [0.1, 0.15) is 16.2 Å². The standard InChI is InChI=1S/C14H13Cl3FN3O4S/c15-7-26(23,24)19-11-5-8(10(18)6-9(11)16)12-13(17)20-1-3-25-4-2-21(20)14(12)22/h5-6,19H,1-4,7H2. The van der Waals surface area contributed by atoms with E-state index in [2.05, 4.69) is 4.72 Å². The molecule has 7 nitrogen and oxygen atoms in total. The topological polar surface area (TPSA) is 82.3 Å². The van der Waals surface area contributed by atoms with E-state index in [1.165, 1.54) is 9.36 Å². The summed E-state index contributed by atoms with van der Waals surface area (Å²) in [5.74, 6) is -0.805. The molecule has 0 fully saturated rings. The van der Waals surface area contributed by atoms with E-state index < -0.39 is 26.6 Å². The van der Waals surface area contributed by atoms with Crippen LogP contribution in [0.1, 0.15) is 0 Å². The van der Waals surface area contributed by atoms with Crippen molar-refractivity contribution >= 4 is 50.5 Å². The Morgan fingerprint density at radius 3 is 2.50 bits per heavy atom. The molecule has 0 radical (unpaired) electrons. The molecule has 0 spiro atoms. The maximum atomic E-state index is 14.5. The third-order valence-electron chi connectivity index (χ3n) is 3.80. The van der Waals surface area contributed by atoms with Crippen LogP contribution in [0.25, 0.3) is 11.1 Å². The lowest BCUT2D eigenvalue weighted by Crippen LogP contribution is -2.23. The monoisotopic (exact) mass is 443 g/mol. The smallest absolute Gasteiger partial charge is 0.276 e. The van der Waals surface area contributed by atoms with Gasteiger partial charge in [-0.25, -0.2) is 17.5 Å². The molecule has 0 bridgehead atoms. The average Bonchev–Trinajstić information content (AvgIpc) is 2.75. The van der Waals surface area contributed by atoms with E-state index in [0.29, 0.717) is 19.8 Å². The van der Waals surface area contributed by atoms with Crippen molar-refractivity contribution in [3.63, 3.8) is 0 Å². The molecule has 1 aromatic carbocycles. The van der Waals surface area contributed by atoms with Crippen LogP contribution in [0.2, 0.25) is 10.2 Å². The van der Waals surface area contributed by atoms with Crippen LogP contribution in [-0.4, -0.2) is 36.2 Å². The maximum Gasteiger partial charge on any atom is 0.276 e. The van der Waals surface area contributed by atoms with Crippen LogP contribution in [0, 0.1) is 5.82 Å². The van der Waals surface area contributed by atoms with Gasteiger partial charge in [0, 0.05) is 5.56 Å². The minimum atomic E-state index is -3.86. The van der Waals surface area contributed by atoms with Gasteiger partial charge in [0.15, 0.2) is 0 Å². The first-order valence-electron chi connectivity index (χ1n) is 7.38. The Morgan fingerprint density at radius 2 is 1.85 bits per heavy atom. The highest BCUT2D eigenvalue weighted by Gasteiger charge is 2.25. The van der Waals surface area contributed by atoms with Crippen molar-refractivity contribution in [3.8, 4) is 11.1 Å². The molecule has 12 heteroatoms. The summed E-state index contributed by atoms with van der Waals surface area (Å²) in [4.78, 5) is 12.7. The van der Waals surface area contributed by atoms with Gasteiger partial charge >= 0.3 is 0 Å². The number of hydrogen-bond acceptors (Lipinski definition) is 4. The summed E-state index contributed by atoms with van der Waals surface area (Å²) >= 11 is 17.6.